The van der Waals surface area contributed by atoms with Crippen LogP contribution in [-0.4, -0.2) is 24.0 Å². The molecule has 0 aliphatic heterocycles. The van der Waals surface area contributed by atoms with Crippen LogP contribution in [-0.2, 0) is 16.0 Å². The number of hydrogen-bond donors (Lipinski definition) is 2. The average molecular weight is 429 g/mol. The molecule has 2 N–H and O–H groups in total. The van der Waals surface area contributed by atoms with Gasteiger partial charge < -0.3 is 10.1 Å². The molecule has 0 saturated heterocycles. The quantitative estimate of drug-likeness (QED) is 0.204. The number of aryl methyl sites for hydroxylation is 2. The molecule has 3 aromatic carbocycles. The molecule has 0 bridgehead atoms. The van der Waals surface area contributed by atoms with Gasteiger partial charge in [0, 0.05) is 5.69 Å². The number of rotatable bonds is 6. The van der Waals surface area contributed by atoms with Gasteiger partial charge in [0.25, 0.3) is 0 Å². The van der Waals surface area contributed by atoms with Crippen molar-refractivity contribution in [3.05, 3.63) is 95.1 Å². The summed E-state index contributed by atoms with van der Waals surface area (Å²) in [7, 11) is 0. The van der Waals surface area contributed by atoms with Crippen LogP contribution >= 0.6 is 0 Å². The topological polar surface area (TPSA) is 96.9 Å². The van der Waals surface area contributed by atoms with Crippen LogP contribution in [0.15, 0.2) is 77.9 Å². The van der Waals surface area contributed by atoms with Gasteiger partial charge in [0.15, 0.2) is 0 Å². The highest BCUT2D eigenvalue weighted by Crippen LogP contribution is 2.15. The number of hydrogen-bond acceptors (Lipinski definition) is 5. The van der Waals surface area contributed by atoms with Gasteiger partial charge in [-0.05, 0) is 72.5 Å². The third kappa shape index (κ3) is 6.12. The van der Waals surface area contributed by atoms with Gasteiger partial charge in [-0.15, -0.1) is 0 Å². The largest absolute Gasteiger partial charge is 0.423 e. The van der Waals surface area contributed by atoms with Gasteiger partial charge in [-0.2, -0.15) is 5.10 Å². The highest BCUT2D eigenvalue weighted by molar-refractivity contribution is 6.39. The smallest absolute Gasteiger partial charge is 0.343 e. The van der Waals surface area contributed by atoms with E-state index in [9.17, 15) is 14.4 Å². The highest BCUT2D eigenvalue weighted by atomic mass is 16.5. The lowest BCUT2D eigenvalue weighted by atomic mass is 10.1. The van der Waals surface area contributed by atoms with Gasteiger partial charge in [0.2, 0.25) is 0 Å². The first-order chi connectivity index (χ1) is 15.5. The van der Waals surface area contributed by atoms with Crippen LogP contribution < -0.4 is 15.5 Å². The van der Waals surface area contributed by atoms with Gasteiger partial charge in [-0.1, -0.05) is 37.3 Å². The van der Waals surface area contributed by atoms with Crippen molar-refractivity contribution in [2.24, 2.45) is 5.10 Å². The van der Waals surface area contributed by atoms with Gasteiger partial charge in [-0.25, -0.2) is 10.2 Å². The first-order valence-electron chi connectivity index (χ1n) is 10.1. The molecular formula is C25H23N3O4. The molecule has 0 aliphatic rings. The number of hydrazone groups is 1. The average Bonchev–Trinajstić information content (AvgIpc) is 2.80. The fraction of sp³-hybridized carbons (Fsp3) is 0.120. The molecular weight excluding hydrogens is 406 g/mol. The van der Waals surface area contributed by atoms with E-state index in [0.717, 1.165) is 17.5 Å². The number of esters is 1. The number of carbonyl (C=O) groups excluding carboxylic acids is 3. The Morgan fingerprint density at radius 3 is 2.25 bits per heavy atom. The van der Waals surface area contributed by atoms with Crippen molar-refractivity contribution < 1.29 is 19.1 Å². The van der Waals surface area contributed by atoms with E-state index >= 15 is 0 Å². The van der Waals surface area contributed by atoms with Gasteiger partial charge in [-0.3, -0.25) is 9.59 Å². The predicted octanol–water partition coefficient (Wildman–Crippen LogP) is 3.87. The molecule has 0 atom stereocenters. The van der Waals surface area contributed by atoms with Crippen molar-refractivity contribution in [1.29, 1.82) is 0 Å². The highest BCUT2D eigenvalue weighted by Gasteiger charge is 2.13. The first-order valence-corrected chi connectivity index (χ1v) is 10.1. The van der Waals surface area contributed by atoms with E-state index in [-0.39, 0.29) is 0 Å². The minimum absolute atomic E-state index is 0.382. The van der Waals surface area contributed by atoms with E-state index in [1.165, 1.54) is 6.21 Å². The molecule has 3 rings (SSSR count). The van der Waals surface area contributed by atoms with Crippen molar-refractivity contribution in [2.75, 3.05) is 5.32 Å². The van der Waals surface area contributed by atoms with Crippen LogP contribution in [0.25, 0.3) is 0 Å². The lowest BCUT2D eigenvalue weighted by molar-refractivity contribution is -0.136. The van der Waals surface area contributed by atoms with E-state index in [1.807, 2.05) is 38.1 Å². The molecule has 0 heterocycles. The number of amides is 2. The summed E-state index contributed by atoms with van der Waals surface area (Å²) in [5.41, 5.74) is 5.83. The maximum Gasteiger partial charge on any atom is 0.343 e. The molecule has 0 spiro atoms. The minimum atomic E-state index is -0.885. The summed E-state index contributed by atoms with van der Waals surface area (Å²) < 4.78 is 5.38. The Balaban J connectivity index is 1.50. The number of ether oxygens (including phenoxy) is 1. The van der Waals surface area contributed by atoms with Crippen LogP contribution in [0.5, 0.6) is 5.75 Å². The zero-order chi connectivity index (χ0) is 22.9. The van der Waals surface area contributed by atoms with Crippen molar-refractivity contribution in [1.82, 2.24) is 5.43 Å². The summed E-state index contributed by atoms with van der Waals surface area (Å²) in [6.07, 6.45) is 2.27. The lowest BCUT2D eigenvalue weighted by Gasteiger charge is -2.06. The Morgan fingerprint density at radius 1 is 0.906 bits per heavy atom. The van der Waals surface area contributed by atoms with Crippen molar-refractivity contribution in [2.45, 2.75) is 20.3 Å². The molecule has 3 aromatic rings. The maximum absolute atomic E-state index is 12.3. The Kier molecular flexibility index (Phi) is 7.48. The van der Waals surface area contributed by atoms with E-state index in [1.54, 1.807) is 48.5 Å². The fourth-order valence-electron chi connectivity index (χ4n) is 2.81. The number of nitrogens with one attached hydrogen (secondary N) is 2. The molecule has 0 fully saturated rings. The molecule has 0 aliphatic carbocycles. The van der Waals surface area contributed by atoms with Crippen LogP contribution in [0.4, 0.5) is 5.69 Å². The normalized spacial score (nSPS) is 10.6. The third-order valence-corrected chi connectivity index (χ3v) is 4.66. The second kappa shape index (κ2) is 10.7. The zero-order valence-corrected chi connectivity index (χ0v) is 17.8. The SMILES string of the molecule is CCc1ccc(NC(=O)C(=O)N/N=C\c2ccc(OC(=O)c3ccccc3C)cc2)cc1. The molecule has 162 valence electrons. The van der Waals surface area contributed by atoms with Crippen LogP contribution in [0.1, 0.15) is 34.0 Å². The summed E-state index contributed by atoms with van der Waals surface area (Å²) in [5, 5.41) is 6.30. The van der Waals surface area contributed by atoms with Crippen molar-refractivity contribution >= 4 is 29.7 Å². The molecule has 0 aromatic heterocycles. The van der Waals surface area contributed by atoms with Crippen molar-refractivity contribution in [3.63, 3.8) is 0 Å². The van der Waals surface area contributed by atoms with E-state index in [0.29, 0.717) is 22.6 Å². The third-order valence-electron chi connectivity index (χ3n) is 4.66. The fourth-order valence-corrected chi connectivity index (χ4v) is 2.81. The van der Waals surface area contributed by atoms with E-state index in [4.69, 9.17) is 4.74 Å². The molecule has 32 heavy (non-hydrogen) atoms. The van der Waals surface area contributed by atoms with Crippen molar-refractivity contribution in [3.8, 4) is 5.75 Å². The van der Waals surface area contributed by atoms with E-state index < -0.39 is 17.8 Å². The standard InChI is InChI=1S/C25H23N3O4/c1-3-18-8-12-20(13-9-18)27-23(29)24(30)28-26-16-19-10-14-21(15-11-19)32-25(31)22-7-5-4-6-17(22)2/h4-16H,3H2,1-2H3,(H,27,29)(H,28,30)/b26-16-. The van der Waals surface area contributed by atoms with Crippen LogP contribution in [0, 0.1) is 6.92 Å². The van der Waals surface area contributed by atoms with Gasteiger partial charge in [0.1, 0.15) is 5.75 Å². The summed E-state index contributed by atoms with van der Waals surface area (Å²) in [6.45, 7) is 3.87. The molecule has 0 saturated carbocycles. The number of anilines is 1. The number of nitrogens with zero attached hydrogens (tertiary/aromatic N) is 1. The molecule has 7 nitrogen and oxygen atoms in total. The molecule has 0 radical (unpaired) electrons. The van der Waals surface area contributed by atoms with Crippen LogP contribution in [0.3, 0.4) is 0 Å². The maximum atomic E-state index is 12.3. The van der Waals surface area contributed by atoms with Crippen LogP contribution in [0.2, 0.25) is 0 Å². The van der Waals surface area contributed by atoms with E-state index in [2.05, 4.69) is 15.8 Å². The minimum Gasteiger partial charge on any atom is -0.423 e. The summed E-state index contributed by atoms with van der Waals surface area (Å²) in [5.74, 6) is -1.76. The lowest BCUT2D eigenvalue weighted by Crippen LogP contribution is -2.32. The Morgan fingerprint density at radius 2 is 1.59 bits per heavy atom. The molecule has 7 heteroatoms. The van der Waals surface area contributed by atoms with Gasteiger partial charge in [0.05, 0.1) is 11.8 Å². The summed E-state index contributed by atoms with van der Waals surface area (Å²) in [6, 6.07) is 21.0. The number of carbonyl (C=O) groups is 3. The van der Waals surface area contributed by atoms with Gasteiger partial charge >= 0.3 is 17.8 Å². The zero-order valence-electron chi connectivity index (χ0n) is 17.8. The Labute approximate surface area is 186 Å². The predicted molar refractivity (Wildman–Crippen MR) is 123 cm³/mol. The second-order valence-corrected chi connectivity index (χ2v) is 6.98. The Hall–Kier alpha value is -4.26. The molecule has 0 unspecified atom stereocenters. The summed E-state index contributed by atoms with van der Waals surface area (Å²) in [4.78, 5) is 36.1. The molecule has 2 amide bonds. The monoisotopic (exact) mass is 429 g/mol. The summed E-state index contributed by atoms with van der Waals surface area (Å²) >= 11 is 0. The number of benzene rings is 3. The Bertz CT molecular complexity index is 1140. The second-order valence-electron chi connectivity index (χ2n) is 6.98. The first kappa shape index (κ1) is 22.4.